The highest BCUT2D eigenvalue weighted by Crippen LogP contribution is 2.60. The standard InChI is InChI=1S/C42H36N10O4/c1-44-36-35(40-38(30-13-9-11-15-33(30)48(40)7)50(42(36)46(4)5)26-18-22-28(23-19-26)52(55)56)34-31(24-43)41(45(2)3)49(25-16-20-27(21-17-25)51(53)54)37-29-12-8-10-14-32(29)47(6)39(34)37/h8-23,34-35H,2-7H3. The van der Waals surface area contributed by atoms with E-state index in [0.717, 1.165) is 44.6 Å². The second-order valence-corrected chi connectivity index (χ2v) is 14.3. The zero-order valence-electron chi connectivity index (χ0n) is 31.5. The molecule has 0 bridgehead atoms. The Morgan fingerprint density at radius 1 is 0.661 bits per heavy atom. The third-order valence-electron chi connectivity index (χ3n) is 10.8. The van der Waals surface area contributed by atoms with Crippen LogP contribution in [0.4, 0.5) is 34.1 Å². The first-order valence-corrected chi connectivity index (χ1v) is 17.8. The molecule has 4 heterocycles. The number of aromatic nitrogens is 2. The van der Waals surface area contributed by atoms with Crippen molar-refractivity contribution in [3.05, 3.63) is 163 Å². The first kappa shape index (κ1) is 35.4. The number of rotatable bonds is 7. The number of hydrogen-bond donors (Lipinski definition) is 0. The van der Waals surface area contributed by atoms with Crippen LogP contribution in [0.3, 0.4) is 0 Å². The van der Waals surface area contributed by atoms with Crippen molar-refractivity contribution in [3.8, 4) is 6.07 Å². The van der Waals surface area contributed by atoms with Crippen LogP contribution in [0.2, 0.25) is 0 Å². The highest BCUT2D eigenvalue weighted by Gasteiger charge is 2.50. The molecule has 0 fully saturated rings. The van der Waals surface area contributed by atoms with Crippen molar-refractivity contribution < 1.29 is 9.85 Å². The van der Waals surface area contributed by atoms with Crippen molar-refractivity contribution in [2.24, 2.45) is 14.1 Å². The van der Waals surface area contributed by atoms with Gasteiger partial charge in [0.2, 0.25) is 5.70 Å². The summed E-state index contributed by atoms with van der Waals surface area (Å²) in [6.45, 7) is 8.92. The third-order valence-corrected chi connectivity index (χ3v) is 10.8. The highest BCUT2D eigenvalue weighted by molar-refractivity contribution is 6.03. The molecule has 2 unspecified atom stereocenters. The molecule has 0 saturated heterocycles. The van der Waals surface area contributed by atoms with Gasteiger partial charge in [0.1, 0.15) is 11.6 Å². The van der Waals surface area contributed by atoms with E-state index in [4.69, 9.17) is 6.57 Å². The first-order valence-electron chi connectivity index (χ1n) is 17.8. The lowest BCUT2D eigenvalue weighted by Gasteiger charge is -2.45. The molecule has 6 aromatic rings. The van der Waals surface area contributed by atoms with Crippen LogP contribution in [0.15, 0.2) is 120 Å². The molecule has 2 aliphatic heterocycles. The van der Waals surface area contributed by atoms with Crippen molar-refractivity contribution in [1.82, 2.24) is 18.9 Å². The molecule has 4 aromatic carbocycles. The lowest BCUT2D eigenvalue weighted by molar-refractivity contribution is -0.385. The van der Waals surface area contributed by atoms with Gasteiger partial charge in [-0.1, -0.05) is 36.4 Å². The van der Waals surface area contributed by atoms with E-state index in [-0.39, 0.29) is 11.4 Å². The van der Waals surface area contributed by atoms with Crippen molar-refractivity contribution >= 4 is 55.9 Å². The molecule has 14 heteroatoms. The van der Waals surface area contributed by atoms with Gasteiger partial charge in [-0.3, -0.25) is 25.1 Å². The van der Waals surface area contributed by atoms with Crippen molar-refractivity contribution in [1.29, 1.82) is 5.26 Å². The first-order chi connectivity index (χ1) is 26.9. The molecule has 2 aromatic heterocycles. The molecule has 0 radical (unpaired) electrons. The molecule has 14 nitrogen and oxygen atoms in total. The summed E-state index contributed by atoms with van der Waals surface area (Å²) in [4.78, 5) is 34.6. The Hall–Kier alpha value is -7.58. The van der Waals surface area contributed by atoms with Gasteiger partial charge in [-0.2, -0.15) is 5.26 Å². The van der Waals surface area contributed by atoms with Crippen LogP contribution in [0, 0.1) is 38.1 Å². The number of nitrogens with zero attached hydrogens (tertiary/aromatic N) is 10. The van der Waals surface area contributed by atoms with Crippen LogP contribution >= 0.6 is 0 Å². The number of anilines is 4. The van der Waals surface area contributed by atoms with Gasteiger partial charge in [0.25, 0.3) is 11.4 Å². The van der Waals surface area contributed by atoms with E-state index >= 15 is 0 Å². The molecular formula is C42H36N10O4. The fraction of sp³-hybridized carbons (Fsp3) is 0.190. The molecule has 0 spiro atoms. The summed E-state index contributed by atoms with van der Waals surface area (Å²) in [6.07, 6.45) is 0. The second kappa shape index (κ2) is 13.1. The summed E-state index contributed by atoms with van der Waals surface area (Å²) in [5, 5.41) is 36.7. The monoisotopic (exact) mass is 744 g/mol. The smallest absolute Gasteiger partial charge is 0.269 e. The average Bonchev–Trinajstić information content (AvgIpc) is 3.66. The normalized spacial score (nSPS) is 16.4. The number of fused-ring (bicyclic) bond motifs is 6. The second-order valence-electron chi connectivity index (χ2n) is 14.3. The van der Waals surface area contributed by atoms with Crippen LogP contribution in [-0.4, -0.2) is 57.0 Å². The van der Waals surface area contributed by atoms with Gasteiger partial charge in [-0.15, -0.1) is 0 Å². The molecule has 0 amide bonds. The molecule has 0 saturated carbocycles. The van der Waals surface area contributed by atoms with Crippen LogP contribution in [-0.2, 0) is 14.1 Å². The minimum absolute atomic E-state index is 0.0503. The maximum atomic E-state index is 11.7. The predicted octanol–water partition coefficient (Wildman–Crippen LogP) is 8.60. The number of allylic oxidation sites excluding steroid dienone is 2. The largest absolute Gasteiger partial charge is 0.373 e. The maximum Gasteiger partial charge on any atom is 0.269 e. The third kappa shape index (κ3) is 5.00. The number of non-ortho nitro benzene ring substituents is 2. The Labute approximate surface area is 322 Å². The molecule has 0 N–H and O–H groups in total. The van der Waals surface area contributed by atoms with Gasteiger partial charge in [-0.05, 0) is 36.4 Å². The molecule has 278 valence electrons. The Kier molecular flexibility index (Phi) is 8.27. The van der Waals surface area contributed by atoms with Gasteiger partial charge in [0.15, 0.2) is 0 Å². The Morgan fingerprint density at radius 2 is 1.07 bits per heavy atom. The highest BCUT2D eigenvalue weighted by atomic mass is 16.6. The van der Waals surface area contributed by atoms with Gasteiger partial charge >= 0.3 is 0 Å². The van der Waals surface area contributed by atoms with Gasteiger partial charge in [-0.25, -0.2) is 4.85 Å². The minimum Gasteiger partial charge on any atom is -0.373 e. The summed E-state index contributed by atoms with van der Waals surface area (Å²) < 4.78 is 4.19. The summed E-state index contributed by atoms with van der Waals surface area (Å²) in [5.74, 6) is -0.246. The number of benzene rings is 4. The molecular weight excluding hydrogens is 709 g/mol. The van der Waals surface area contributed by atoms with E-state index in [9.17, 15) is 25.5 Å². The van der Waals surface area contributed by atoms with E-state index < -0.39 is 21.7 Å². The summed E-state index contributed by atoms with van der Waals surface area (Å²) in [5.41, 5.74) is 7.01. The maximum absolute atomic E-state index is 11.7. The number of nitro groups is 2. The van der Waals surface area contributed by atoms with Crippen molar-refractivity contribution in [2.45, 2.75) is 11.8 Å². The molecule has 2 atom stereocenters. The Morgan fingerprint density at radius 3 is 1.46 bits per heavy atom. The van der Waals surface area contributed by atoms with Crippen LogP contribution < -0.4 is 9.80 Å². The number of nitriles is 1. The number of aryl methyl sites for hydroxylation is 2. The van der Waals surface area contributed by atoms with E-state index in [0.29, 0.717) is 34.3 Å². The zero-order chi connectivity index (χ0) is 39.7. The fourth-order valence-corrected chi connectivity index (χ4v) is 8.66. The minimum atomic E-state index is -0.697. The van der Waals surface area contributed by atoms with Crippen LogP contribution in [0.25, 0.3) is 26.7 Å². The zero-order valence-corrected chi connectivity index (χ0v) is 31.5. The molecule has 56 heavy (non-hydrogen) atoms. The SMILES string of the molecule is [C-]#[N+]C1=C(N(C)C)N(c2ccc([N+](=O)[O-])cc2)c2c(n(C)c3ccccc23)C1C1C(C#N)=C(N(C)C)N(c2ccc([N+](=O)[O-])cc2)c2c1n(C)c1ccccc21. The van der Waals surface area contributed by atoms with Gasteiger partial charge in [0.05, 0.1) is 62.1 Å². The van der Waals surface area contributed by atoms with E-state index in [1.807, 2.05) is 110 Å². The number of hydrogen-bond acceptors (Lipinski definition) is 9. The lowest BCUT2D eigenvalue weighted by Crippen LogP contribution is -2.39. The van der Waals surface area contributed by atoms with Crippen LogP contribution in [0.1, 0.15) is 23.2 Å². The summed E-state index contributed by atoms with van der Waals surface area (Å²) >= 11 is 0. The van der Waals surface area contributed by atoms with Gasteiger partial charge in [0, 0.05) is 100 Å². The number of para-hydroxylation sites is 2. The summed E-state index contributed by atoms with van der Waals surface area (Å²) in [6, 6.07) is 31.2. The van der Waals surface area contributed by atoms with Crippen molar-refractivity contribution in [3.63, 3.8) is 0 Å². The van der Waals surface area contributed by atoms with Crippen LogP contribution in [0.5, 0.6) is 0 Å². The van der Waals surface area contributed by atoms with E-state index in [2.05, 4.69) is 20.0 Å². The Balaban J connectivity index is 1.52. The van der Waals surface area contributed by atoms with E-state index in [1.165, 1.54) is 24.3 Å². The van der Waals surface area contributed by atoms with E-state index in [1.54, 1.807) is 24.3 Å². The lowest BCUT2D eigenvalue weighted by atomic mass is 9.75. The topological polar surface area (TPSA) is 137 Å². The molecule has 0 aliphatic carbocycles. The Bertz CT molecular complexity index is 2590. The predicted molar refractivity (Wildman–Crippen MR) is 215 cm³/mol. The number of nitro benzene ring substituents is 2. The van der Waals surface area contributed by atoms with Crippen molar-refractivity contribution in [2.75, 3.05) is 38.0 Å². The summed E-state index contributed by atoms with van der Waals surface area (Å²) in [7, 11) is 11.4. The molecule has 8 rings (SSSR count). The average molecular weight is 745 g/mol. The fourth-order valence-electron chi connectivity index (χ4n) is 8.66. The molecule has 2 aliphatic rings. The van der Waals surface area contributed by atoms with Gasteiger partial charge < -0.3 is 23.8 Å². The quantitative estimate of drug-likeness (QED) is 0.0894.